The summed E-state index contributed by atoms with van der Waals surface area (Å²) in [5, 5.41) is 7.96. The number of aromatic nitrogens is 1. The van der Waals surface area contributed by atoms with Gasteiger partial charge >= 0.3 is 0 Å². The molecule has 3 rings (SSSR count). The molecular weight excluding hydrogens is 547 g/mol. The molecule has 0 aliphatic carbocycles. The van der Waals surface area contributed by atoms with E-state index in [4.69, 9.17) is 9.47 Å². The van der Waals surface area contributed by atoms with E-state index in [0.29, 0.717) is 18.0 Å². The van der Waals surface area contributed by atoms with E-state index in [1.807, 2.05) is 18.2 Å². The lowest BCUT2D eigenvalue weighted by Gasteiger charge is -2.14. The number of H-pyrrole nitrogens is 1. The second-order valence-electron chi connectivity index (χ2n) is 6.28. The van der Waals surface area contributed by atoms with Gasteiger partial charge in [-0.3, -0.25) is 4.99 Å². The zero-order valence-corrected chi connectivity index (χ0v) is 20.6. The maximum Gasteiger partial charge on any atom is 0.191 e. The molecule has 0 fully saturated rings. The summed E-state index contributed by atoms with van der Waals surface area (Å²) in [4.78, 5) is 7.61. The topological polar surface area (TPSA) is 70.7 Å². The number of para-hydroxylation sites is 1. The van der Waals surface area contributed by atoms with Crippen LogP contribution in [0.3, 0.4) is 0 Å². The maximum absolute atomic E-state index is 5.40. The molecule has 0 aliphatic heterocycles. The molecule has 3 aromatic rings. The number of nitrogens with one attached hydrogen (secondary N) is 3. The Morgan fingerprint density at radius 1 is 1.14 bits per heavy atom. The Kier molecular flexibility index (Phi) is 9.09. The molecule has 0 spiro atoms. The first-order valence-corrected chi connectivity index (χ1v) is 9.85. The third-order valence-electron chi connectivity index (χ3n) is 4.54. The van der Waals surface area contributed by atoms with Crippen molar-refractivity contribution < 1.29 is 9.47 Å². The van der Waals surface area contributed by atoms with Gasteiger partial charge in [0.05, 0.1) is 18.7 Å². The SMILES string of the molecule is CN=C(NCCc1c[nH]c2ccccc12)NCc1cc(Br)c(OC)c(OC)c1.I. The quantitative estimate of drug-likeness (QED) is 0.222. The fraction of sp³-hybridized carbons (Fsp3) is 0.286. The molecule has 0 atom stereocenters. The highest BCUT2D eigenvalue weighted by molar-refractivity contribution is 14.0. The number of methoxy groups -OCH3 is 2. The van der Waals surface area contributed by atoms with E-state index in [-0.39, 0.29) is 24.0 Å². The Morgan fingerprint density at radius 3 is 2.66 bits per heavy atom. The maximum atomic E-state index is 5.40. The van der Waals surface area contributed by atoms with Crippen molar-refractivity contribution in [2.75, 3.05) is 27.8 Å². The third kappa shape index (κ3) is 5.79. The van der Waals surface area contributed by atoms with Gasteiger partial charge in [-0.05, 0) is 51.7 Å². The molecule has 2 aromatic carbocycles. The van der Waals surface area contributed by atoms with Gasteiger partial charge in [-0.15, -0.1) is 24.0 Å². The molecule has 0 bridgehead atoms. The molecule has 3 N–H and O–H groups in total. The number of ether oxygens (including phenoxy) is 2. The average molecular weight is 573 g/mol. The van der Waals surface area contributed by atoms with Gasteiger partial charge in [-0.1, -0.05) is 18.2 Å². The largest absolute Gasteiger partial charge is 0.493 e. The molecule has 0 unspecified atom stereocenters. The normalized spacial score (nSPS) is 11.1. The summed E-state index contributed by atoms with van der Waals surface area (Å²) in [6, 6.07) is 12.3. The van der Waals surface area contributed by atoms with E-state index in [0.717, 1.165) is 29.0 Å². The van der Waals surface area contributed by atoms with Crippen molar-refractivity contribution in [3.8, 4) is 11.5 Å². The predicted molar refractivity (Wildman–Crippen MR) is 133 cm³/mol. The minimum Gasteiger partial charge on any atom is -0.493 e. The van der Waals surface area contributed by atoms with Crippen molar-refractivity contribution in [1.82, 2.24) is 15.6 Å². The molecular formula is C21H26BrIN4O2. The van der Waals surface area contributed by atoms with Gasteiger partial charge in [0.1, 0.15) is 0 Å². The van der Waals surface area contributed by atoms with Crippen LogP contribution in [0.1, 0.15) is 11.1 Å². The van der Waals surface area contributed by atoms with Crippen LogP contribution in [-0.4, -0.2) is 38.8 Å². The average Bonchev–Trinajstić information content (AvgIpc) is 3.13. The van der Waals surface area contributed by atoms with Crippen LogP contribution < -0.4 is 20.1 Å². The van der Waals surface area contributed by atoms with Crippen LogP contribution >= 0.6 is 39.9 Å². The first-order valence-electron chi connectivity index (χ1n) is 9.06. The zero-order chi connectivity index (χ0) is 19.9. The van der Waals surface area contributed by atoms with Crippen molar-refractivity contribution in [3.05, 3.63) is 58.2 Å². The minimum atomic E-state index is 0. The smallest absolute Gasteiger partial charge is 0.191 e. The fourth-order valence-corrected chi connectivity index (χ4v) is 3.79. The van der Waals surface area contributed by atoms with E-state index >= 15 is 0 Å². The highest BCUT2D eigenvalue weighted by Crippen LogP contribution is 2.36. The van der Waals surface area contributed by atoms with Crippen molar-refractivity contribution >= 4 is 56.8 Å². The van der Waals surface area contributed by atoms with Crippen molar-refractivity contribution in [2.24, 2.45) is 4.99 Å². The molecule has 156 valence electrons. The highest BCUT2D eigenvalue weighted by atomic mass is 127. The number of halogens is 2. The van der Waals surface area contributed by atoms with Crippen molar-refractivity contribution in [2.45, 2.75) is 13.0 Å². The van der Waals surface area contributed by atoms with Gasteiger partial charge in [-0.2, -0.15) is 0 Å². The van der Waals surface area contributed by atoms with E-state index in [1.54, 1.807) is 21.3 Å². The van der Waals surface area contributed by atoms with Gasteiger partial charge in [0.2, 0.25) is 0 Å². The lowest BCUT2D eigenvalue weighted by Crippen LogP contribution is -2.37. The van der Waals surface area contributed by atoms with Gasteiger partial charge in [0.25, 0.3) is 0 Å². The van der Waals surface area contributed by atoms with Crippen LogP contribution in [0.4, 0.5) is 0 Å². The Labute approximate surface area is 196 Å². The second kappa shape index (κ2) is 11.3. The fourth-order valence-electron chi connectivity index (χ4n) is 3.13. The molecule has 0 saturated carbocycles. The van der Waals surface area contributed by atoms with Crippen molar-refractivity contribution in [1.29, 1.82) is 0 Å². The third-order valence-corrected chi connectivity index (χ3v) is 5.13. The van der Waals surface area contributed by atoms with Crippen LogP contribution in [0.15, 0.2) is 52.1 Å². The summed E-state index contributed by atoms with van der Waals surface area (Å²) in [6.07, 6.45) is 2.98. The molecule has 0 aliphatic rings. The molecule has 6 nitrogen and oxygen atoms in total. The number of rotatable bonds is 7. The van der Waals surface area contributed by atoms with E-state index < -0.39 is 0 Å². The number of hydrogen-bond acceptors (Lipinski definition) is 3. The summed E-state index contributed by atoms with van der Waals surface area (Å²) in [6.45, 7) is 1.41. The second-order valence-corrected chi connectivity index (χ2v) is 7.13. The predicted octanol–water partition coefficient (Wildman–Crippen LogP) is 4.47. The summed E-state index contributed by atoms with van der Waals surface area (Å²) in [5.74, 6) is 2.13. The number of nitrogens with zero attached hydrogens (tertiary/aromatic N) is 1. The molecule has 1 heterocycles. The molecule has 0 amide bonds. The summed E-state index contributed by atoms with van der Waals surface area (Å²) in [5.41, 5.74) is 3.52. The molecule has 0 radical (unpaired) electrons. The van der Waals surface area contributed by atoms with E-state index in [2.05, 4.69) is 60.9 Å². The van der Waals surface area contributed by atoms with E-state index in [1.165, 1.54) is 16.5 Å². The molecule has 0 saturated heterocycles. The van der Waals surface area contributed by atoms with Gasteiger partial charge in [0.15, 0.2) is 17.5 Å². The van der Waals surface area contributed by atoms with Crippen LogP contribution in [0.25, 0.3) is 10.9 Å². The number of benzene rings is 2. The van der Waals surface area contributed by atoms with Crippen molar-refractivity contribution in [3.63, 3.8) is 0 Å². The number of aliphatic imine (C=N–C) groups is 1. The Hall–Kier alpha value is -1.94. The van der Waals surface area contributed by atoms with Crippen LogP contribution in [-0.2, 0) is 13.0 Å². The lowest BCUT2D eigenvalue weighted by atomic mass is 10.1. The number of aromatic amines is 1. The standard InChI is InChI=1S/C21H25BrN4O2.HI/c1-23-21(24-9-8-15-13-25-18-7-5-4-6-16(15)18)26-12-14-10-17(22)20(28-3)19(11-14)27-2;/h4-7,10-11,13,25H,8-9,12H2,1-3H3,(H2,23,24,26);1H. The molecule has 29 heavy (non-hydrogen) atoms. The first kappa shape index (κ1) is 23.3. The van der Waals surface area contributed by atoms with Gasteiger partial charge in [-0.25, -0.2) is 0 Å². The minimum absolute atomic E-state index is 0. The Bertz CT molecular complexity index is 974. The number of guanidine groups is 1. The van der Waals surface area contributed by atoms with E-state index in [9.17, 15) is 0 Å². The Morgan fingerprint density at radius 2 is 1.93 bits per heavy atom. The first-order chi connectivity index (χ1) is 13.7. The van der Waals surface area contributed by atoms with Crippen LogP contribution in [0.5, 0.6) is 11.5 Å². The van der Waals surface area contributed by atoms with Crippen LogP contribution in [0, 0.1) is 0 Å². The molecule has 8 heteroatoms. The number of fused-ring (bicyclic) bond motifs is 1. The monoisotopic (exact) mass is 572 g/mol. The van der Waals surface area contributed by atoms with Gasteiger partial charge < -0.3 is 25.1 Å². The highest BCUT2D eigenvalue weighted by Gasteiger charge is 2.11. The zero-order valence-electron chi connectivity index (χ0n) is 16.7. The Balaban J connectivity index is 0.00000300. The summed E-state index contributed by atoms with van der Waals surface area (Å²) >= 11 is 3.53. The summed E-state index contributed by atoms with van der Waals surface area (Å²) in [7, 11) is 5.03. The van der Waals surface area contributed by atoms with Gasteiger partial charge in [0, 0.05) is 37.2 Å². The lowest BCUT2D eigenvalue weighted by molar-refractivity contribution is 0.352. The number of hydrogen-bond donors (Lipinski definition) is 3. The van der Waals surface area contributed by atoms with Crippen LogP contribution in [0.2, 0.25) is 0 Å². The summed E-state index contributed by atoms with van der Waals surface area (Å²) < 4.78 is 11.6. The molecule has 1 aromatic heterocycles.